The Morgan fingerprint density at radius 3 is 2.18 bits per heavy atom. The average Bonchev–Trinajstić information content (AvgIpc) is 2.41. The topological polar surface area (TPSA) is 12.9 Å². The summed E-state index contributed by atoms with van der Waals surface area (Å²) in [5.41, 5.74) is 3.45. The summed E-state index contributed by atoms with van der Waals surface area (Å²) in [5.74, 6) is 0. The SMILES string of the molecule is Cc1cnc(-c2ccccc2)c2ccccc12. The van der Waals surface area contributed by atoms with Crippen molar-refractivity contribution in [3.05, 3.63) is 66.4 Å². The van der Waals surface area contributed by atoms with E-state index in [0.717, 1.165) is 5.69 Å². The monoisotopic (exact) mass is 219 g/mol. The quantitative estimate of drug-likeness (QED) is 0.597. The average molecular weight is 219 g/mol. The molecular weight excluding hydrogens is 206 g/mol. The molecule has 2 aromatic carbocycles. The summed E-state index contributed by atoms with van der Waals surface area (Å²) in [6, 6.07) is 18.8. The predicted octanol–water partition coefficient (Wildman–Crippen LogP) is 4.21. The van der Waals surface area contributed by atoms with Gasteiger partial charge in [0.15, 0.2) is 0 Å². The smallest absolute Gasteiger partial charge is 0.0780 e. The Bertz CT molecular complexity index is 657. The van der Waals surface area contributed by atoms with Crippen LogP contribution in [0, 0.1) is 6.92 Å². The van der Waals surface area contributed by atoms with Crippen LogP contribution in [0.15, 0.2) is 60.8 Å². The second kappa shape index (κ2) is 4.02. The first-order valence-corrected chi connectivity index (χ1v) is 5.76. The first kappa shape index (κ1) is 10.0. The van der Waals surface area contributed by atoms with Gasteiger partial charge in [-0.25, -0.2) is 0 Å². The van der Waals surface area contributed by atoms with Crippen molar-refractivity contribution in [2.24, 2.45) is 0 Å². The number of benzene rings is 2. The van der Waals surface area contributed by atoms with E-state index in [0.29, 0.717) is 0 Å². The molecule has 0 N–H and O–H groups in total. The second-order valence-electron chi connectivity index (χ2n) is 4.20. The molecule has 1 nitrogen and oxygen atoms in total. The van der Waals surface area contributed by atoms with Crippen LogP contribution in [-0.2, 0) is 0 Å². The van der Waals surface area contributed by atoms with Crippen LogP contribution in [0.3, 0.4) is 0 Å². The van der Waals surface area contributed by atoms with E-state index in [2.05, 4.69) is 48.3 Å². The van der Waals surface area contributed by atoms with Gasteiger partial charge in [0.2, 0.25) is 0 Å². The van der Waals surface area contributed by atoms with Gasteiger partial charge in [0, 0.05) is 17.1 Å². The molecule has 0 amide bonds. The number of pyridine rings is 1. The lowest BCUT2D eigenvalue weighted by atomic mass is 10.0. The first-order valence-electron chi connectivity index (χ1n) is 5.76. The zero-order valence-electron chi connectivity index (χ0n) is 9.72. The Labute approximate surface area is 101 Å². The third-order valence-electron chi connectivity index (χ3n) is 3.04. The third kappa shape index (κ3) is 1.70. The molecule has 0 aliphatic heterocycles. The van der Waals surface area contributed by atoms with Crippen LogP contribution < -0.4 is 0 Å². The van der Waals surface area contributed by atoms with Crippen molar-refractivity contribution < 1.29 is 0 Å². The zero-order chi connectivity index (χ0) is 11.7. The molecule has 3 rings (SSSR count). The Morgan fingerprint density at radius 2 is 1.41 bits per heavy atom. The van der Waals surface area contributed by atoms with Crippen molar-refractivity contribution in [1.82, 2.24) is 4.98 Å². The van der Waals surface area contributed by atoms with E-state index >= 15 is 0 Å². The number of hydrogen-bond donors (Lipinski definition) is 0. The van der Waals surface area contributed by atoms with Gasteiger partial charge in [0.1, 0.15) is 0 Å². The van der Waals surface area contributed by atoms with Gasteiger partial charge < -0.3 is 0 Å². The lowest BCUT2D eigenvalue weighted by Crippen LogP contribution is -1.88. The number of nitrogens with zero attached hydrogens (tertiary/aromatic N) is 1. The molecule has 1 heteroatoms. The van der Waals surface area contributed by atoms with Crippen molar-refractivity contribution in [2.45, 2.75) is 6.92 Å². The van der Waals surface area contributed by atoms with Crippen LogP contribution in [-0.4, -0.2) is 4.98 Å². The van der Waals surface area contributed by atoms with E-state index in [1.807, 2.05) is 24.4 Å². The fraction of sp³-hybridized carbons (Fsp3) is 0.0625. The van der Waals surface area contributed by atoms with Crippen LogP contribution in [0.25, 0.3) is 22.0 Å². The normalized spacial score (nSPS) is 10.6. The highest BCUT2D eigenvalue weighted by atomic mass is 14.7. The molecule has 0 fully saturated rings. The van der Waals surface area contributed by atoms with Crippen molar-refractivity contribution in [2.75, 3.05) is 0 Å². The van der Waals surface area contributed by atoms with Gasteiger partial charge in [0.05, 0.1) is 5.69 Å². The fourth-order valence-corrected chi connectivity index (χ4v) is 2.16. The Morgan fingerprint density at radius 1 is 0.765 bits per heavy atom. The molecule has 0 radical (unpaired) electrons. The number of rotatable bonds is 1. The molecule has 1 heterocycles. The minimum Gasteiger partial charge on any atom is -0.255 e. The van der Waals surface area contributed by atoms with Gasteiger partial charge >= 0.3 is 0 Å². The van der Waals surface area contributed by atoms with Crippen LogP contribution in [0.4, 0.5) is 0 Å². The molecule has 3 aromatic rings. The molecule has 0 atom stereocenters. The minimum atomic E-state index is 1.06. The van der Waals surface area contributed by atoms with E-state index < -0.39 is 0 Å². The van der Waals surface area contributed by atoms with Gasteiger partial charge in [-0.3, -0.25) is 4.98 Å². The molecule has 82 valence electrons. The highest BCUT2D eigenvalue weighted by Gasteiger charge is 2.05. The standard InChI is InChI=1S/C16H13N/c1-12-11-17-16(13-7-3-2-4-8-13)15-10-6-5-9-14(12)15/h2-11H,1H3. The highest BCUT2D eigenvalue weighted by Crippen LogP contribution is 2.27. The summed E-state index contributed by atoms with van der Waals surface area (Å²) in [6.45, 7) is 2.10. The maximum atomic E-state index is 4.58. The van der Waals surface area contributed by atoms with Crippen molar-refractivity contribution in [3.63, 3.8) is 0 Å². The van der Waals surface area contributed by atoms with Crippen molar-refractivity contribution in [1.29, 1.82) is 0 Å². The Kier molecular flexibility index (Phi) is 2.37. The maximum absolute atomic E-state index is 4.58. The van der Waals surface area contributed by atoms with E-state index in [-0.39, 0.29) is 0 Å². The molecule has 0 aliphatic rings. The van der Waals surface area contributed by atoms with Crippen LogP contribution in [0.5, 0.6) is 0 Å². The van der Waals surface area contributed by atoms with Crippen LogP contribution >= 0.6 is 0 Å². The van der Waals surface area contributed by atoms with E-state index in [1.54, 1.807) is 0 Å². The summed E-state index contributed by atoms with van der Waals surface area (Å²) in [6.07, 6.45) is 1.95. The predicted molar refractivity (Wildman–Crippen MR) is 71.9 cm³/mol. The summed E-state index contributed by atoms with van der Waals surface area (Å²) in [5, 5.41) is 2.50. The van der Waals surface area contributed by atoms with Gasteiger partial charge in [-0.2, -0.15) is 0 Å². The molecule has 0 saturated heterocycles. The van der Waals surface area contributed by atoms with Crippen molar-refractivity contribution >= 4 is 10.8 Å². The largest absolute Gasteiger partial charge is 0.255 e. The molecule has 0 bridgehead atoms. The number of hydrogen-bond acceptors (Lipinski definition) is 1. The highest BCUT2D eigenvalue weighted by molar-refractivity contribution is 5.96. The molecule has 17 heavy (non-hydrogen) atoms. The Hall–Kier alpha value is -2.15. The molecule has 1 aromatic heterocycles. The van der Waals surface area contributed by atoms with Gasteiger partial charge in [-0.1, -0.05) is 54.6 Å². The summed E-state index contributed by atoms with van der Waals surface area (Å²) in [7, 11) is 0. The summed E-state index contributed by atoms with van der Waals surface area (Å²) >= 11 is 0. The number of fused-ring (bicyclic) bond motifs is 1. The van der Waals surface area contributed by atoms with Gasteiger partial charge in [-0.15, -0.1) is 0 Å². The summed E-state index contributed by atoms with van der Waals surface area (Å²) < 4.78 is 0. The van der Waals surface area contributed by atoms with Crippen LogP contribution in [0.1, 0.15) is 5.56 Å². The third-order valence-corrected chi connectivity index (χ3v) is 3.04. The number of aryl methyl sites for hydroxylation is 1. The molecular formula is C16H13N. The molecule has 0 spiro atoms. The van der Waals surface area contributed by atoms with Crippen LogP contribution in [0.2, 0.25) is 0 Å². The van der Waals surface area contributed by atoms with E-state index in [1.165, 1.54) is 21.9 Å². The minimum absolute atomic E-state index is 1.06. The van der Waals surface area contributed by atoms with Crippen molar-refractivity contribution in [3.8, 4) is 11.3 Å². The fourth-order valence-electron chi connectivity index (χ4n) is 2.16. The van der Waals surface area contributed by atoms with Gasteiger partial charge in [-0.05, 0) is 17.9 Å². The second-order valence-corrected chi connectivity index (χ2v) is 4.20. The summed E-state index contributed by atoms with van der Waals surface area (Å²) in [4.78, 5) is 4.58. The lowest BCUT2D eigenvalue weighted by Gasteiger charge is -2.07. The Balaban J connectivity index is 2.35. The van der Waals surface area contributed by atoms with E-state index in [4.69, 9.17) is 0 Å². The molecule has 0 saturated carbocycles. The van der Waals surface area contributed by atoms with Gasteiger partial charge in [0.25, 0.3) is 0 Å². The van der Waals surface area contributed by atoms with E-state index in [9.17, 15) is 0 Å². The number of aromatic nitrogens is 1. The molecule has 0 unspecified atom stereocenters. The molecule has 0 aliphatic carbocycles. The lowest BCUT2D eigenvalue weighted by molar-refractivity contribution is 1.31. The zero-order valence-corrected chi connectivity index (χ0v) is 9.72. The maximum Gasteiger partial charge on any atom is 0.0780 e. The first-order chi connectivity index (χ1) is 8.36.